The molecule has 1 atom stereocenters. The summed E-state index contributed by atoms with van der Waals surface area (Å²) < 4.78 is 18.9. The predicted molar refractivity (Wildman–Crippen MR) is 86.4 cm³/mol. The lowest BCUT2D eigenvalue weighted by Gasteiger charge is -2.38. The van der Waals surface area contributed by atoms with Crippen molar-refractivity contribution in [3.63, 3.8) is 0 Å². The summed E-state index contributed by atoms with van der Waals surface area (Å²) >= 11 is 0. The van der Waals surface area contributed by atoms with E-state index < -0.39 is 5.54 Å². The van der Waals surface area contributed by atoms with Gasteiger partial charge < -0.3 is 15.8 Å². The van der Waals surface area contributed by atoms with E-state index in [4.69, 9.17) is 10.5 Å². The van der Waals surface area contributed by atoms with Gasteiger partial charge in [0.05, 0.1) is 5.54 Å². The van der Waals surface area contributed by atoms with Gasteiger partial charge in [-0.3, -0.25) is 4.79 Å². The predicted octanol–water partition coefficient (Wildman–Crippen LogP) is 2.50. The largest absolute Gasteiger partial charge is 0.381 e. The minimum atomic E-state index is -0.532. The molecule has 0 bridgehead atoms. The summed E-state index contributed by atoms with van der Waals surface area (Å²) in [6.45, 7) is 3.00. The number of rotatable bonds is 5. The van der Waals surface area contributed by atoms with E-state index in [2.05, 4.69) is 5.32 Å². The summed E-state index contributed by atoms with van der Waals surface area (Å²) in [6.07, 6.45) is 2.33. The molecule has 1 aromatic rings. The zero-order chi connectivity index (χ0) is 15.3. The molecule has 1 aromatic carbocycles. The Kier molecular flexibility index (Phi) is 7.26. The van der Waals surface area contributed by atoms with Gasteiger partial charge in [-0.25, -0.2) is 4.39 Å². The fourth-order valence-electron chi connectivity index (χ4n) is 2.68. The summed E-state index contributed by atoms with van der Waals surface area (Å²) in [5.74, 6) is -0.332. The molecule has 124 valence electrons. The van der Waals surface area contributed by atoms with Gasteiger partial charge in [0.2, 0.25) is 5.91 Å². The van der Waals surface area contributed by atoms with Crippen LogP contribution in [-0.4, -0.2) is 25.2 Å². The first-order valence-electron chi connectivity index (χ1n) is 7.42. The maximum absolute atomic E-state index is 13.5. The summed E-state index contributed by atoms with van der Waals surface area (Å²) in [7, 11) is 0. The molecule has 6 heteroatoms. The number of nitrogens with two attached hydrogens (primary N) is 1. The Balaban J connectivity index is 0.00000242. The molecule has 1 amide bonds. The molecule has 1 aliphatic heterocycles. The topological polar surface area (TPSA) is 64.4 Å². The number of carbonyl (C=O) groups is 1. The number of carbonyl (C=O) groups excluding carboxylic acids is 1. The molecule has 0 aromatic heterocycles. The fraction of sp³-hybridized carbons (Fsp3) is 0.562. The third kappa shape index (κ3) is 4.93. The first-order valence-corrected chi connectivity index (χ1v) is 7.42. The summed E-state index contributed by atoms with van der Waals surface area (Å²) in [4.78, 5) is 12.2. The Labute approximate surface area is 137 Å². The molecule has 0 spiro atoms. The van der Waals surface area contributed by atoms with Crippen LogP contribution in [0.2, 0.25) is 0 Å². The average Bonchev–Trinajstić information content (AvgIpc) is 2.46. The molecule has 1 unspecified atom stereocenters. The molecule has 2 rings (SSSR count). The van der Waals surface area contributed by atoms with Crippen molar-refractivity contribution in [3.8, 4) is 0 Å². The second kappa shape index (κ2) is 8.46. The Hall–Kier alpha value is -1.17. The van der Waals surface area contributed by atoms with Crippen molar-refractivity contribution < 1.29 is 13.9 Å². The van der Waals surface area contributed by atoms with Crippen LogP contribution in [0, 0.1) is 5.82 Å². The minimum absolute atomic E-state index is 0. The van der Waals surface area contributed by atoms with Crippen molar-refractivity contribution >= 4 is 18.3 Å². The van der Waals surface area contributed by atoms with E-state index >= 15 is 0 Å². The van der Waals surface area contributed by atoms with Gasteiger partial charge in [-0.15, -0.1) is 12.4 Å². The van der Waals surface area contributed by atoms with Gasteiger partial charge in [-0.05, 0) is 43.9 Å². The number of nitrogens with one attached hydrogen (secondary N) is 1. The lowest BCUT2D eigenvalue weighted by Crippen LogP contribution is -2.49. The van der Waals surface area contributed by atoms with Crippen LogP contribution >= 0.6 is 12.4 Å². The lowest BCUT2D eigenvalue weighted by molar-refractivity contribution is -0.124. The third-order valence-corrected chi connectivity index (χ3v) is 3.93. The van der Waals surface area contributed by atoms with Crippen molar-refractivity contribution in [2.75, 3.05) is 13.2 Å². The smallest absolute Gasteiger partial charge is 0.220 e. The molecule has 1 aliphatic rings. The highest BCUT2D eigenvalue weighted by atomic mass is 35.5. The molecule has 22 heavy (non-hydrogen) atoms. The second-order valence-corrected chi connectivity index (χ2v) is 5.77. The van der Waals surface area contributed by atoms with Crippen LogP contribution in [0.4, 0.5) is 4.39 Å². The SMILES string of the molecule is CC(N)CCC(=O)NC1(c2cccc(F)c2)CCOCC1.Cl. The van der Waals surface area contributed by atoms with E-state index in [1.165, 1.54) is 12.1 Å². The van der Waals surface area contributed by atoms with Gasteiger partial charge in [0.1, 0.15) is 5.82 Å². The van der Waals surface area contributed by atoms with Gasteiger partial charge in [0.25, 0.3) is 0 Å². The Morgan fingerprint density at radius 3 is 2.73 bits per heavy atom. The summed E-state index contributed by atoms with van der Waals surface area (Å²) in [5.41, 5.74) is 5.96. The maximum atomic E-state index is 13.5. The molecule has 1 heterocycles. The van der Waals surface area contributed by atoms with Gasteiger partial charge in [-0.2, -0.15) is 0 Å². The van der Waals surface area contributed by atoms with Crippen LogP contribution < -0.4 is 11.1 Å². The standard InChI is InChI=1S/C16H23FN2O2.ClH/c1-12(18)5-6-15(20)19-16(7-9-21-10-8-16)13-3-2-4-14(17)11-13;/h2-4,11-12H,5-10,18H2,1H3,(H,19,20);1H. The molecule has 0 saturated carbocycles. The molecule has 0 radical (unpaired) electrons. The lowest BCUT2D eigenvalue weighted by atomic mass is 9.82. The Morgan fingerprint density at radius 2 is 2.14 bits per heavy atom. The van der Waals surface area contributed by atoms with Crippen LogP contribution in [0.25, 0.3) is 0 Å². The van der Waals surface area contributed by atoms with E-state index in [9.17, 15) is 9.18 Å². The van der Waals surface area contributed by atoms with Crippen molar-refractivity contribution in [2.24, 2.45) is 5.73 Å². The monoisotopic (exact) mass is 330 g/mol. The van der Waals surface area contributed by atoms with Crippen LogP contribution in [0.15, 0.2) is 24.3 Å². The van der Waals surface area contributed by atoms with E-state index in [1.54, 1.807) is 6.07 Å². The highest BCUT2D eigenvalue weighted by molar-refractivity contribution is 5.85. The van der Waals surface area contributed by atoms with Gasteiger partial charge in [-0.1, -0.05) is 12.1 Å². The molecule has 1 saturated heterocycles. The van der Waals surface area contributed by atoms with E-state index in [1.807, 2.05) is 13.0 Å². The second-order valence-electron chi connectivity index (χ2n) is 5.77. The number of amides is 1. The van der Waals surface area contributed by atoms with Crippen LogP contribution in [-0.2, 0) is 15.1 Å². The number of ether oxygens (including phenoxy) is 1. The molecule has 4 nitrogen and oxygen atoms in total. The number of hydrogen-bond acceptors (Lipinski definition) is 3. The van der Waals surface area contributed by atoms with Crippen molar-refractivity contribution in [1.29, 1.82) is 0 Å². The average molecular weight is 331 g/mol. The van der Waals surface area contributed by atoms with Crippen LogP contribution in [0.5, 0.6) is 0 Å². The van der Waals surface area contributed by atoms with Crippen molar-refractivity contribution in [3.05, 3.63) is 35.6 Å². The molecule has 1 fully saturated rings. The maximum Gasteiger partial charge on any atom is 0.220 e. The quantitative estimate of drug-likeness (QED) is 0.871. The van der Waals surface area contributed by atoms with E-state index in [0.29, 0.717) is 38.9 Å². The normalized spacial score (nSPS) is 18.1. The first-order chi connectivity index (χ1) is 10.0. The molecule has 3 N–H and O–H groups in total. The molecular weight excluding hydrogens is 307 g/mol. The van der Waals surface area contributed by atoms with E-state index in [-0.39, 0.29) is 30.2 Å². The number of halogens is 2. The number of benzene rings is 1. The van der Waals surface area contributed by atoms with Crippen molar-refractivity contribution in [1.82, 2.24) is 5.32 Å². The molecular formula is C16H24ClFN2O2. The van der Waals surface area contributed by atoms with Crippen LogP contribution in [0.1, 0.15) is 38.2 Å². The summed E-state index contributed by atoms with van der Waals surface area (Å²) in [5, 5.41) is 3.09. The van der Waals surface area contributed by atoms with Gasteiger partial charge in [0.15, 0.2) is 0 Å². The van der Waals surface area contributed by atoms with E-state index in [0.717, 1.165) is 5.56 Å². The molecule has 0 aliphatic carbocycles. The highest BCUT2D eigenvalue weighted by Crippen LogP contribution is 2.32. The zero-order valence-electron chi connectivity index (χ0n) is 12.8. The Morgan fingerprint density at radius 1 is 1.45 bits per heavy atom. The van der Waals surface area contributed by atoms with Crippen molar-refractivity contribution in [2.45, 2.75) is 44.2 Å². The zero-order valence-corrected chi connectivity index (χ0v) is 13.6. The van der Waals surface area contributed by atoms with Gasteiger partial charge >= 0.3 is 0 Å². The third-order valence-electron chi connectivity index (χ3n) is 3.93. The number of hydrogen-bond donors (Lipinski definition) is 2. The first kappa shape index (κ1) is 18.9. The van der Waals surface area contributed by atoms with Gasteiger partial charge in [0, 0.05) is 25.7 Å². The highest BCUT2D eigenvalue weighted by Gasteiger charge is 2.36. The minimum Gasteiger partial charge on any atom is -0.381 e. The summed E-state index contributed by atoms with van der Waals surface area (Å²) in [6, 6.07) is 6.44. The van der Waals surface area contributed by atoms with Crippen LogP contribution in [0.3, 0.4) is 0 Å². The Bertz CT molecular complexity index is 491. The fourth-order valence-corrected chi connectivity index (χ4v) is 2.68.